The van der Waals surface area contributed by atoms with E-state index in [1.54, 1.807) is 24.6 Å². The highest BCUT2D eigenvalue weighted by atomic mass is 32.1. The van der Waals surface area contributed by atoms with Crippen LogP contribution in [0.15, 0.2) is 18.3 Å². The number of nitrogens with one attached hydrogen (secondary N) is 1. The van der Waals surface area contributed by atoms with Crippen molar-refractivity contribution in [3.05, 3.63) is 23.3 Å². The molecule has 2 aromatic heterocycles. The van der Waals surface area contributed by atoms with Crippen molar-refractivity contribution in [1.82, 2.24) is 20.5 Å². The van der Waals surface area contributed by atoms with Crippen molar-refractivity contribution in [2.24, 2.45) is 5.92 Å². The fourth-order valence-electron chi connectivity index (χ4n) is 1.94. The molecule has 1 N–H and O–H groups in total. The van der Waals surface area contributed by atoms with Crippen LogP contribution in [0, 0.1) is 5.92 Å². The van der Waals surface area contributed by atoms with E-state index in [0.717, 1.165) is 41.5 Å². The minimum atomic E-state index is 0.596. The Labute approximate surface area is 129 Å². The first kappa shape index (κ1) is 15.9. The van der Waals surface area contributed by atoms with E-state index in [9.17, 15) is 0 Å². The summed E-state index contributed by atoms with van der Waals surface area (Å²) in [5.41, 5.74) is 0.904. The fourth-order valence-corrected chi connectivity index (χ4v) is 2.83. The molecule has 2 rings (SSSR count). The van der Waals surface area contributed by atoms with E-state index >= 15 is 0 Å². The zero-order chi connectivity index (χ0) is 15.1. The van der Waals surface area contributed by atoms with Gasteiger partial charge in [0.05, 0.1) is 12.7 Å². The summed E-state index contributed by atoms with van der Waals surface area (Å²) in [6, 6.07) is 3.84. The highest BCUT2D eigenvalue weighted by molar-refractivity contribution is 7.14. The lowest BCUT2D eigenvalue weighted by Crippen LogP contribution is -2.21. The molecule has 0 fully saturated rings. The maximum absolute atomic E-state index is 5.26. The molecular formula is C15H22N4OS. The Morgan fingerprint density at radius 3 is 2.95 bits per heavy atom. The van der Waals surface area contributed by atoms with Gasteiger partial charge in [0.25, 0.3) is 0 Å². The number of pyridine rings is 1. The molecule has 0 saturated carbocycles. The molecule has 0 atom stereocenters. The van der Waals surface area contributed by atoms with Crippen LogP contribution in [-0.4, -0.2) is 35.4 Å². The molecule has 6 heteroatoms. The zero-order valence-electron chi connectivity index (χ0n) is 12.8. The van der Waals surface area contributed by atoms with Crippen molar-refractivity contribution >= 4 is 11.3 Å². The van der Waals surface area contributed by atoms with E-state index in [1.807, 2.05) is 12.1 Å². The van der Waals surface area contributed by atoms with Gasteiger partial charge in [-0.05, 0) is 37.6 Å². The average molecular weight is 306 g/mol. The molecule has 114 valence electrons. The van der Waals surface area contributed by atoms with Gasteiger partial charge in [-0.15, -0.1) is 10.2 Å². The molecule has 21 heavy (non-hydrogen) atoms. The third-order valence-electron chi connectivity index (χ3n) is 2.96. The molecule has 0 aliphatic heterocycles. The Morgan fingerprint density at radius 1 is 1.33 bits per heavy atom. The van der Waals surface area contributed by atoms with Crippen molar-refractivity contribution in [3.8, 4) is 16.5 Å². The summed E-state index contributed by atoms with van der Waals surface area (Å²) in [7, 11) is 1.62. The molecule has 0 aliphatic rings. The minimum Gasteiger partial charge on any atom is -0.480 e. The van der Waals surface area contributed by atoms with Crippen LogP contribution >= 0.6 is 11.3 Å². The van der Waals surface area contributed by atoms with Crippen LogP contribution in [0.2, 0.25) is 0 Å². The van der Waals surface area contributed by atoms with E-state index in [-0.39, 0.29) is 0 Å². The fraction of sp³-hybridized carbons (Fsp3) is 0.533. The molecule has 2 heterocycles. The summed E-state index contributed by atoms with van der Waals surface area (Å²) in [5, 5.41) is 13.9. The average Bonchev–Trinajstić information content (AvgIpc) is 2.95. The number of hydrogen-bond donors (Lipinski definition) is 1. The van der Waals surface area contributed by atoms with Gasteiger partial charge in [-0.1, -0.05) is 25.2 Å². The lowest BCUT2D eigenvalue weighted by molar-refractivity contribution is 0.399. The number of rotatable bonds is 8. The Balaban J connectivity index is 1.89. The first-order chi connectivity index (χ1) is 10.2. The molecule has 0 saturated heterocycles. The Hall–Kier alpha value is -1.53. The molecule has 0 aromatic carbocycles. The summed E-state index contributed by atoms with van der Waals surface area (Å²) in [6.07, 6.45) is 3.74. The number of hydrogen-bond acceptors (Lipinski definition) is 6. The van der Waals surface area contributed by atoms with Crippen LogP contribution in [0.4, 0.5) is 0 Å². The van der Waals surface area contributed by atoms with Crippen molar-refractivity contribution in [1.29, 1.82) is 0 Å². The summed E-state index contributed by atoms with van der Waals surface area (Å²) in [4.78, 5) is 4.19. The second-order valence-corrected chi connectivity index (χ2v) is 6.32. The molecule has 0 aliphatic carbocycles. The van der Waals surface area contributed by atoms with Gasteiger partial charge >= 0.3 is 0 Å². The van der Waals surface area contributed by atoms with Gasteiger partial charge in [0.1, 0.15) is 5.01 Å². The standard InChI is InChI=1S/C15H22N4OS/c1-11(2)10-16-8-5-7-13-18-19-15(21-13)12-6-4-9-17-14(12)20-3/h4,6,9,11,16H,5,7-8,10H2,1-3H3. The topological polar surface area (TPSA) is 59.9 Å². The normalized spacial score (nSPS) is 11.0. The van der Waals surface area contributed by atoms with Gasteiger partial charge in [-0.25, -0.2) is 4.98 Å². The predicted molar refractivity (Wildman–Crippen MR) is 85.7 cm³/mol. The minimum absolute atomic E-state index is 0.596. The summed E-state index contributed by atoms with van der Waals surface area (Å²) in [5.74, 6) is 1.29. The molecular weight excluding hydrogens is 284 g/mol. The molecule has 0 amide bonds. The summed E-state index contributed by atoms with van der Waals surface area (Å²) >= 11 is 1.61. The third-order valence-corrected chi connectivity index (χ3v) is 3.97. The monoisotopic (exact) mass is 306 g/mol. The summed E-state index contributed by atoms with van der Waals surface area (Å²) in [6.45, 7) is 6.51. The van der Waals surface area contributed by atoms with Crippen LogP contribution in [-0.2, 0) is 6.42 Å². The molecule has 0 bridgehead atoms. The van der Waals surface area contributed by atoms with Gasteiger partial charge < -0.3 is 10.1 Å². The number of nitrogens with zero attached hydrogens (tertiary/aromatic N) is 3. The van der Waals surface area contributed by atoms with Gasteiger partial charge in [-0.3, -0.25) is 0 Å². The second kappa shape index (κ2) is 8.05. The quantitative estimate of drug-likeness (QED) is 0.760. The van der Waals surface area contributed by atoms with E-state index in [4.69, 9.17) is 4.74 Å². The van der Waals surface area contributed by atoms with E-state index in [2.05, 4.69) is 34.3 Å². The zero-order valence-corrected chi connectivity index (χ0v) is 13.6. The van der Waals surface area contributed by atoms with E-state index < -0.39 is 0 Å². The first-order valence-corrected chi connectivity index (χ1v) is 8.05. The van der Waals surface area contributed by atoms with Crippen molar-refractivity contribution < 1.29 is 4.74 Å². The van der Waals surface area contributed by atoms with Crippen LogP contribution < -0.4 is 10.1 Å². The van der Waals surface area contributed by atoms with E-state index in [1.165, 1.54) is 0 Å². The largest absolute Gasteiger partial charge is 0.480 e. The Bertz CT molecular complexity index is 556. The number of methoxy groups -OCH3 is 1. The maximum atomic E-state index is 5.26. The maximum Gasteiger partial charge on any atom is 0.223 e. The molecule has 0 unspecified atom stereocenters. The number of aryl methyl sites for hydroxylation is 1. The van der Waals surface area contributed by atoms with Gasteiger partial charge in [0.15, 0.2) is 5.01 Å². The van der Waals surface area contributed by atoms with Crippen LogP contribution in [0.3, 0.4) is 0 Å². The third kappa shape index (κ3) is 4.75. The molecule has 0 radical (unpaired) electrons. The predicted octanol–water partition coefficient (Wildman–Crippen LogP) is 2.79. The smallest absolute Gasteiger partial charge is 0.223 e. The first-order valence-electron chi connectivity index (χ1n) is 7.23. The highest BCUT2D eigenvalue weighted by Crippen LogP contribution is 2.30. The SMILES string of the molecule is COc1ncccc1-c1nnc(CCCNCC(C)C)s1. The van der Waals surface area contributed by atoms with Gasteiger partial charge in [0, 0.05) is 12.6 Å². The lowest BCUT2D eigenvalue weighted by atomic mass is 10.2. The second-order valence-electron chi connectivity index (χ2n) is 5.26. The Kier molecular flexibility index (Phi) is 6.07. The summed E-state index contributed by atoms with van der Waals surface area (Å²) < 4.78 is 5.26. The number of ether oxygens (including phenoxy) is 1. The highest BCUT2D eigenvalue weighted by Gasteiger charge is 2.12. The van der Waals surface area contributed by atoms with Crippen molar-refractivity contribution in [2.45, 2.75) is 26.7 Å². The van der Waals surface area contributed by atoms with Crippen LogP contribution in [0.1, 0.15) is 25.3 Å². The van der Waals surface area contributed by atoms with Crippen molar-refractivity contribution in [3.63, 3.8) is 0 Å². The molecule has 5 nitrogen and oxygen atoms in total. The van der Waals surface area contributed by atoms with Gasteiger partial charge in [0.2, 0.25) is 5.88 Å². The van der Waals surface area contributed by atoms with Crippen molar-refractivity contribution in [2.75, 3.05) is 20.2 Å². The lowest BCUT2D eigenvalue weighted by Gasteiger charge is -2.05. The van der Waals surface area contributed by atoms with Crippen LogP contribution in [0.25, 0.3) is 10.6 Å². The van der Waals surface area contributed by atoms with Gasteiger partial charge in [-0.2, -0.15) is 0 Å². The Morgan fingerprint density at radius 2 is 2.19 bits per heavy atom. The van der Waals surface area contributed by atoms with E-state index in [0.29, 0.717) is 11.8 Å². The number of aromatic nitrogens is 3. The molecule has 0 spiro atoms. The van der Waals surface area contributed by atoms with Crippen LogP contribution in [0.5, 0.6) is 5.88 Å². The molecule has 2 aromatic rings.